The standard InChI is InChI=1S/C28H47NO2/c1-3-4-5-6-7-8-9-10-11-12-13-14-15-16-17-18-19-20-23-26-24-21-22-25-27(26)28(30)29(2)31/h20-25,31H,3-19H2,1-2H3/b23-20+. The van der Waals surface area contributed by atoms with Crippen LogP contribution in [-0.2, 0) is 0 Å². The number of carbonyl (C=O) groups is 1. The SMILES string of the molecule is CCCCCCCCCCCCCCCCCC/C=C/c1ccccc1C(=O)N(C)O. The summed E-state index contributed by atoms with van der Waals surface area (Å²) in [4.78, 5) is 12.0. The van der Waals surface area contributed by atoms with E-state index in [9.17, 15) is 10.0 Å². The lowest BCUT2D eigenvalue weighted by Gasteiger charge is -2.10. The van der Waals surface area contributed by atoms with Crippen LogP contribution in [0.25, 0.3) is 6.08 Å². The molecule has 0 aliphatic heterocycles. The largest absolute Gasteiger partial charge is 0.286 e. The number of allylic oxidation sites excluding steroid dienone is 1. The maximum atomic E-state index is 12.0. The summed E-state index contributed by atoms with van der Waals surface area (Å²) in [6.45, 7) is 2.28. The molecule has 0 aliphatic carbocycles. The first kappa shape index (κ1) is 27.4. The molecule has 0 atom stereocenters. The number of amides is 1. The van der Waals surface area contributed by atoms with Crippen LogP contribution in [0.2, 0.25) is 0 Å². The van der Waals surface area contributed by atoms with Gasteiger partial charge in [-0.25, -0.2) is 5.06 Å². The Kier molecular flexibility index (Phi) is 16.9. The molecule has 0 saturated heterocycles. The molecule has 0 heterocycles. The summed E-state index contributed by atoms with van der Waals surface area (Å²) in [7, 11) is 1.36. The predicted octanol–water partition coefficient (Wildman–Crippen LogP) is 8.81. The fourth-order valence-corrected chi connectivity index (χ4v) is 4.03. The van der Waals surface area contributed by atoms with Crippen molar-refractivity contribution in [1.29, 1.82) is 0 Å². The van der Waals surface area contributed by atoms with Gasteiger partial charge in [-0.3, -0.25) is 10.0 Å². The number of rotatable bonds is 19. The van der Waals surface area contributed by atoms with E-state index in [-0.39, 0.29) is 5.91 Å². The minimum atomic E-state index is -0.373. The van der Waals surface area contributed by atoms with Crippen LogP contribution >= 0.6 is 0 Å². The number of hydrogen-bond donors (Lipinski definition) is 1. The van der Waals surface area contributed by atoms with Crippen LogP contribution in [0.1, 0.15) is 132 Å². The van der Waals surface area contributed by atoms with Crippen LogP contribution in [-0.4, -0.2) is 23.2 Å². The van der Waals surface area contributed by atoms with Crippen molar-refractivity contribution in [3.63, 3.8) is 0 Å². The fourth-order valence-electron chi connectivity index (χ4n) is 4.03. The van der Waals surface area contributed by atoms with E-state index in [1.807, 2.05) is 24.3 Å². The van der Waals surface area contributed by atoms with Gasteiger partial charge in [-0.05, 0) is 24.5 Å². The molecule has 1 aromatic carbocycles. The average molecular weight is 430 g/mol. The van der Waals surface area contributed by atoms with E-state index in [1.54, 1.807) is 6.07 Å². The minimum absolute atomic E-state index is 0.373. The molecule has 3 nitrogen and oxygen atoms in total. The Hall–Kier alpha value is -1.61. The molecule has 0 saturated carbocycles. The molecule has 3 heteroatoms. The first-order chi connectivity index (χ1) is 15.2. The molecule has 0 fully saturated rings. The van der Waals surface area contributed by atoms with Gasteiger partial charge in [0.2, 0.25) is 0 Å². The third kappa shape index (κ3) is 14.1. The van der Waals surface area contributed by atoms with E-state index < -0.39 is 0 Å². The predicted molar refractivity (Wildman–Crippen MR) is 134 cm³/mol. The van der Waals surface area contributed by atoms with E-state index in [2.05, 4.69) is 13.0 Å². The molecule has 1 N–H and O–H groups in total. The van der Waals surface area contributed by atoms with Crippen LogP contribution in [0.4, 0.5) is 0 Å². The molecular weight excluding hydrogens is 382 g/mol. The summed E-state index contributed by atoms with van der Waals surface area (Å²) in [6, 6.07) is 7.41. The van der Waals surface area contributed by atoms with Gasteiger partial charge in [0.15, 0.2) is 0 Å². The number of unbranched alkanes of at least 4 members (excludes halogenated alkanes) is 16. The van der Waals surface area contributed by atoms with Gasteiger partial charge in [0.25, 0.3) is 5.91 Å². The van der Waals surface area contributed by atoms with Crippen molar-refractivity contribution >= 4 is 12.0 Å². The van der Waals surface area contributed by atoms with Crippen LogP contribution in [0, 0.1) is 0 Å². The second-order valence-corrected chi connectivity index (χ2v) is 8.91. The summed E-state index contributed by atoms with van der Waals surface area (Å²) in [5.41, 5.74) is 1.40. The highest BCUT2D eigenvalue weighted by Gasteiger charge is 2.11. The fraction of sp³-hybridized carbons (Fsp3) is 0.679. The zero-order valence-electron chi connectivity index (χ0n) is 20.3. The van der Waals surface area contributed by atoms with E-state index in [0.29, 0.717) is 10.6 Å². The molecule has 0 unspecified atom stereocenters. The van der Waals surface area contributed by atoms with Gasteiger partial charge in [-0.1, -0.05) is 134 Å². The summed E-state index contributed by atoms with van der Waals surface area (Å²) >= 11 is 0. The Morgan fingerprint density at radius 2 is 1.23 bits per heavy atom. The maximum Gasteiger partial charge on any atom is 0.277 e. The number of carbonyl (C=O) groups excluding carboxylic acids is 1. The highest BCUT2D eigenvalue weighted by molar-refractivity contribution is 5.96. The van der Waals surface area contributed by atoms with Crippen molar-refractivity contribution in [2.75, 3.05) is 7.05 Å². The van der Waals surface area contributed by atoms with E-state index in [0.717, 1.165) is 12.0 Å². The van der Waals surface area contributed by atoms with Gasteiger partial charge in [-0.15, -0.1) is 0 Å². The zero-order valence-corrected chi connectivity index (χ0v) is 20.3. The summed E-state index contributed by atoms with van der Waals surface area (Å²) in [6.07, 6.45) is 27.4. The second-order valence-electron chi connectivity index (χ2n) is 8.91. The molecule has 1 aromatic rings. The molecule has 0 radical (unpaired) electrons. The Bertz CT molecular complexity index is 594. The molecule has 0 aliphatic rings. The first-order valence-corrected chi connectivity index (χ1v) is 12.9. The Morgan fingerprint density at radius 1 is 0.774 bits per heavy atom. The van der Waals surface area contributed by atoms with Gasteiger partial charge in [0.05, 0.1) is 0 Å². The minimum Gasteiger partial charge on any atom is -0.286 e. The van der Waals surface area contributed by atoms with Gasteiger partial charge < -0.3 is 0 Å². The molecule has 1 amide bonds. The monoisotopic (exact) mass is 429 g/mol. The molecule has 1 rings (SSSR count). The molecule has 0 bridgehead atoms. The van der Waals surface area contributed by atoms with Crippen LogP contribution in [0.15, 0.2) is 30.3 Å². The van der Waals surface area contributed by atoms with Crippen LogP contribution in [0.3, 0.4) is 0 Å². The summed E-state index contributed by atoms with van der Waals surface area (Å²) < 4.78 is 0. The highest BCUT2D eigenvalue weighted by atomic mass is 16.5. The molecular formula is C28H47NO2. The average Bonchev–Trinajstić information content (AvgIpc) is 2.78. The van der Waals surface area contributed by atoms with Crippen LogP contribution < -0.4 is 0 Å². The van der Waals surface area contributed by atoms with Crippen LogP contribution in [0.5, 0.6) is 0 Å². The third-order valence-electron chi connectivity index (χ3n) is 6.01. The quantitative estimate of drug-likeness (QED) is 0.135. The van der Waals surface area contributed by atoms with Gasteiger partial charge in [-0.2, -0.15) is 0 Å². The number of nitrogens with zero attached hydrogens (tertiary/aromatic N) is 1. The van der Waals surface area contributed by atoms with E-state index >= 15 is 0 Å². The van der Waals surface area contributed by atoms with Crippen molar-refractivity contribution < 1.29 is 10.0 Å². The third-order valence-corrected chi connectivity index (χ3v) is 6.01. The number of hydrogen-bond acceptors (Lipinski definition) is 2. The van der Waals surface area contributed by atoms with Gasteiger partial charge in [0.1, 0.15) is 0 Å². The van der Waals surface area contributed by atoms with Crippen molar-refractivity contribution in [3.8, 4) is 0 Å². The Morgan fingerprint density at radius 3 is 1.71 bits per heavy atom. The molecule has 31 heavy (non-hydrogen) atoms. The van der Waals surface area contributed by atoms with E-state index in [4.69, 9.17) is 0 Å². The zero-order chi connectivity index (χ0) is 22.6. The molecule has 0 aromatic heterocycles. The lowest BCUT2D eigenvalue weighted by molar-refractivity contribution is -0.0375. The molecule has 176 valence electrons. The lowest BCUT2D eigenvalue weighted by atomic mass is 10.0. The Labute approximate surface area is 191 Å². The van der Waals surface area contributed by atoms with Crippen molar-refractivity contribution in [2.24, 2.45) is 0 Å². The van der Waals surface area contributed by atoms with Crippen molar-refractivity contribution in [3.05, 3.63) is 41.5 Å². The smallest absolute Gasteiger partial charge is 0.277 e. The summed E-state index contributed by atoms with van der Waals surface area (Å²) in [5.74, 6) is -0.373. The summed E-state index contributed by atoms with van der Waals surface area (Å²) in [5, 5.41) is 10.0. The highest BCUT2D eigenvalue weighted by Crippen LogP contribution is 2.16. The normalized spacial score (nSPS) is 11.3. The topological polar surface area (TPSA) is 40.5 Å². The number of benzene rings is 1. The Balaban J connectivity index is 1.95. The number of hydroxylamine groups is 2. The van der Waals surface area contributed by atoms with Crippen molar-refractivity contribution in [1.82, 2.24) is 5.06 Å². The van der Waals surface area contributed by atoms with Crippen molar-refractivity contribution in [2.45, 2.75) is 116 Å². The second kappa shape index (κ2) is 19.1. The first-order valence-electron chi connectivity index (χ1n) is 12.9. The lowest BCUT2D eigenvalue weighted by Crippen LogP contribution is -2.23. The van der Waals surface area contributed by atoms with Gasteiger partial charge >= 0.3 is 0 Å². The maximum absolute atomic E-state index is 12.0. The van der Waals surface area contributed by atoms with E-state index in [1.165, 1.54) is 110 Å². The molecule has 0 spiro atoms. The van der Waals surface area contributed by atoms with Gasteiger partial charge in [0, 0.05) is 12.6 Å².